The van der Waals surface area contributed by atoms with Crippen molar-refractivity contribution in [3.05, 3.63) is 89.9 Å². The minimum Gasteiger partial charge on any atom is -0.466 e. The number of aromatic nitrogens is 1. The van der Waals surface area contributed by atoms with Gasteiger partial charge in [-0.15, -0.1) is 0 Å². The third-order valence-corrected chi connectivity index (χ3v) is 3.94. The standard InChI is InChI=1S/C22H19FN2O4/c23-18-7-9-19(10-8-18)25-22(27)17-6-11-20(24-14-17)29-15-21(26)28-13-12-16-4-2-1-3-5-16/h1-11,14H,12-13,15H2,(H,25,27). The van der Waals surface area contributed by atoms with Crippen LogP contribution >= 0.6 is 0 Å². The highest BCUT2D eigenvalue weighted by molar-refractivity contribution is 6.04. The number of ether oxygens (including phenoxy) is 2. The van der Waals surface area contributed by atoms with E-state index in [1.165, 1.54) is 42.6 Å². The van der Waals surface area contributed by atoms with E-state index in [0.29, 0.717) is 17.7 Å². The summed E-state index contributed by atoms with van der Waals surface area (Å²) in [7, 11) is 0. The summed E-state index contributed by atoms with van der Waals surface area (Å²) in [5.41, 5.74) is 1.85. The van der Waals surface area contributed by atoms with Gasteiger partial charge in [0.1, 0.15) is 5.82 Å². The number of esters is 1. The van der Waals surface area contributed by atoms with Gasteiger partial charge in [-0.3, -0.25) is 4.79 Å². The Labute approximate surface area is 167 Å². The third kappa shape index (κ3) is 6.42. The second-order valence-electron chi connectivity index (χ2n) is 6.09. The number of rotatable bonds is 8. The highest BCUT2D eigenvalue weighted by atomic mass is 19.1. The summed E-state index contributed by atoms with van der Waals surface area (Å²) in [5.74, 6) is -1.08. The number of hydrogen-bond donors (Lipinski definition) is 1. The molecule has 0 bridgehead atoms. The molecule has 1 heterocycles. The lowest BCUT2D eigenvalue weighted by atomic mass is 10.2. The molecule has 0 atom stereocenters. The van der Waals surface area contributed by atoms with Crippen LogP contribution in [0.2, 0.25) is 0 Å². The van der Waals surface area contributed by atoms with Crippen molar-refractivity contribution in [2.24, 2.45) is 0 Å². The second kappa shape index (κ2) is 9.98. The van der Waals surface area contributed by atoms with Gasteiger partial charge in [0.25, 0.3) is 5.91 Å². The van der Waals surface area contributed by atoms with E-state index in [9.17, 15) is 14.0 Å². The van der Waals surface area contributed by atoms with Crippen LogP contribution in [0, 0.1) is 5.82 Å². The maximum absolute atomic E-state index is 12.9. The van der Waals surface area contributed by atoms with Crippen molar-refractivity contribution in [3.63, 3.8) is 0 Å². The number of nitrogens with one attached hydrogen (secondary N) is 1. The van der Waals surface area contributed by atoms with Gasteiger partial charge in [-0.2, -0.15) is 0 Å². The molecule has 0 aliphatic carbocycles. The first kappa shape index (κ1) is 20.0. The summed E-state index contributed by atoms with van der Waals surface area (Å²) in [6, 6.07) is 18.1. The van der Waals surface area contributed by atoms with Crippen LogP contribution in [-0.4, -0.2) is 30.1 Å². The highest BCUT2D eigenvalue weighted by Crippen LogP contribution is 2.12. The van der Waals surface area contributed by atoms with Crippen molar-refractivity contribution in [3.8, 4) is 5.88 Å². The number of amides is 1. The Morgan fingerprint density at radius 1 is 0.966 bits per heavy atom. The Morgan fingerprint density at radius 3 is 2.41 bits per heavy atom. The molecule has 3 rings (SSSR count). The van der Waals surface area contributed by atoms with Crippen LogP contribution in [-0.2, 0) is 16.0 Å². The van der Waals surface area contributed by atoms with Crippen LogP contribution < -0.4 is 10.1 Å². The molecule has 1 N–H and O–H groups in total. The first-order chi connectivity index (χ1) is 14.1. The van der Waals surface area contributed by atoms with Crippen LogP contribution in [0.1, 0.15) is 15.9 Å². The zero-order chi connectivity index (χ0) is 20.5. The Balaban J connectivity index is 1.42. The molecule has 7 heteroatoms. The zero-order valence-corrected chi connectivity index (χ0v) is 15.5. The Hall–Kier alpha value is -3.74. The summed E-state index contributed by atoms with van der Waals surface area (Å²) in [6.45, 7) is -0.00889. The van der Waals surface area contributed by atoms with Crippen LogP contribution in [0.25, 0.3) is 0 Å². The topological polar surface area (TPSA) is 77.5 Å². The molecule has 0 aliphatic rings. The molecule has 0 saturated heterocycles. The van der Waals surface area contributed by atoms with E-state index in [1.54, 1.807) is 0 Å². The summed E-state index contributed by atoms with van der Waals surface area (Å²) in [5, 5.41) is 2.63. The molecule has 0 saturated carbocycles. The molecule has 0 aliphatic heterocycles. The normalized spacial score (nSPS) is 10.2. The lowest BCUT2D eigenvalue weighted by Crippen LogP contribution is -2.17. The molecule has 0 fully saturated rings. The molecule has 6 nitrogen and oxygen atoms in total. The first-order valence-electron chi connectivity index (χ1n) is 8.95. The summed E-state index contributed by atoms with van der Waals surface area (Å²) in [4.78, 5) is 27.9. The molecule has 148 valence electrons. The van der Waals surface area contributed by atoms with Gasteiger partial charge in [0.15, 0.2) is 6.61 Å². The number of benzene rings is 2. The van der Waals surface area contributed by atoms with Gasteiger partial charge in [-0.25, -0.2) is 14.2 Å². The largest absolute Gasteiger partial charge is 0.466 e. The molecular formula is C22H19FN2O4. The SMILES string of the molecule is O=C(COc1ccc(C(=O)Nc2ccc(F)cc2)cn1)OCCc1ccccc1. The van der Waals surface area contributed by atoms with Gasteiger partial charge in [0, 0.05) is 24.4 Å². The number of halogens is 1. The fraction of sp³-hybridized carbons (Fsp3) is 0.136. The van der Waals surface area contributed by atoms with Crippen LogP contribution in [0.3, 0.4) is 0 Å². The van der Waals surface area contributed by atoms with Crippen molar-refractivity contribution in [2.75, 3.05) is 18.5 Å². The van der Waals surface area contributed by atoms with E-state index in [2.05, 4.69) is 10.3 Å². The van der Waals surface area contributed by atoms with E-state index in [4.69, 9.17) is 9.47 Å². The van der Waals surface area contributed by atoms with Gasteiger partial charge in [-0.05, 0) is 35.9 Å². The smallest absolute Gasteiger partial charge is 0.344 e. The summed E-state index contributed by atoms with van der Waals surface area (Å²) < 4.78 is 23.3. The fourth-order valence-corrected chi connectivity index (χ4v) is 2.44. The van der Waals surface area contributed by atoms with E-state index in [-0.39, 0.29) is 24.9 Å². The van der Waals surface area contributed by atoms with Crippen molar-refractivity contribution < 1.29 is 23.5 Å². The molecule has 1 aromatic heterocycles. The van der Waals surface area contributed by atoms with Crippen LogP contribution in [0.5, 0.6) is 5.88 Å². The monoisotopic (exact) mass is 394 g/mol. The average molecular weight is 394 g/mol. The predicted molar refractivity (Wildman–Crippen MR) is 105 cm³/mol. The third-order valence-electron chi connectivity index (χ3n) is 3.94. The second-order valence-corrected chi connectivity index (χ2v) is 6.09. The van der Waals surface area contributed by atoms with Crippen LogP contribution in [0.15, 0.2) is 72.9 Å². The van der Waals surface area contributed by atoms with Crippen LogP contribution in [0.4, 0.5) is 10.1 Å². The maximum Gasteiger partial charge on any atom is 0.344 e. The molecule has 2 aromatic carbocycles. The van der Waals surface area contributed by atoms with Gasteiger partial charge in [0.05, 0.1) is 12.2 Å². The van der Waals surface area contributed by atoms with E-state index < -0.39 is 11.9 Å². The number of carbonyl (C=O) groups excluding carboxylic acids is 2. The number of pyridine rings is 1. The van der Waals surface area contributed by atoms with Crippen molar-refractivity contribution >= 4 is 17.6 Å². The minimum absolute atomic E-state index is 0.198. The van der Waals surface area contributed by atoms with E-state index in [0.717, 1.165) is 5.56 Å². The Kier molecular flexibility index (Phi) is 6.89. The van der Waals surface area contributed by atoms with Crippen molar-refractivity contribution in [1.82, 2.24) is 4.98 Å². The Morgan fingerprint density at radius 2 is 1.72 bits per heavy atom. The molecule has 0 radical (unpaired) electrons. The molecular weight excluding hydrogens is 375 g/mol. The maximum atomic E-state index is 12.9. The molecule has 3 aromatic rings. The lowest BCUT2D eigenvalue weighted by Gasteiger charge is -2.08. The number of anilines is 1. The number of nitrogens with zero attached hydrogens (tertiary/aromatic N) is 1. The first-order valence-corrected chi connectivity index (χ1v) is 8.95. The predicted octanol–water partition coefficient (Wildman–Crippen LogP) is 3.64. The number of hydrogen-bond acceptors (Lipinski definition) is 5. The molecule has 1 amide bonds. The van der Waals surface area contributed by atoms with Gasteiger partial charge in [0.2, 0.25) is 5.88 Å². The highest BCUT2D eigenvalue weighted by Gasteiger charge is 2.09. The molecule has 0 unspecified atom stereocenters. The van der Waals surface area contributed by atoms with Crippen molar-refractivity contribution in [2.45, 2.75) is 6.42 Å². The minimum atomic E-state index is -0.499. The summed E-state index contributed by atoms with van der Waals surface area (Å²) in [6.07, 6.45) is 1.96. The van der Waals surface area contributed by atoms with Gasteiger partial charge in [-0.1, -0.05) is 30.3 Å². The van der Waals surface area contributed by atoms with E-state index in [1.807, 2.05) is 30.3 Å². The van der Waals surface area contributed by atoms with Gasteiger partial charge >= 0.3 is 5.97 Å². The quantitative estimate of drug-likeness (QED) is 0.590. The Bertz CT molecular complexity index is 945. The molecule has 0 spiro atoms. The number of carbonyl (C=O) groups is 2. The van der Waals surface area contributed by atoms with Gasteiger partial charge < -0.3 is 14.8 Å². The average Bonchev–Trinajstić information content (AvgIpc) is 2.75. The van der Waals surface area contributed by atoms with Crippen molar-refractivity contribution in [1.29, 1.82) is 0 Å². The summed E-state index contributed by atoms with van der Waals surface area (Å²) >= 11 is 0. The zero-order valence-electron chi connectivity index (χ0n) is 15.5. The molecule has 29 heavy (non-hydrogen) atoms. The fourth-order valence-electron chi connectivity index (χ4n) is 2.44. The van der Waals surface area contributed by atoms with E-state index >= 15 is 0 Å². The lowest BCUT2D eigenvalue weighted by molar-refractivity contribution is -0.146.